The van der Waals surface area contributed by atoms with Crippen LogP contribution in [-0.4, -0.2) is 19.0 Å². The van der Waals surface area contributed by atoms with Gasteiger partial charge in [0.2, 0.25) is 6.10 Å². The van der Waals surface area contributed by atoms with Crippen molar-refractivity contribution in [1.29, 1.82) is 0 Å². The van der Waals surface area contributed by atoms with Crippen LogP contribution in [0.4, 0.5) is 5.69 Å². The number of rotatable bonds is 6. The summed E-state index contributed by atoms with van der Waals surface area (Å²) < 4.78 is 10.7. The van der Waals surface area contributed by atoms with Gasteiger partial charge in [0.25, 0.3) is 5.91 Å². The van der Waals surface area contributed by atoms with Crippen LogP contribution in [0.25, 0.3) is 0 Å². The summed E-state index contributed by atoms with van der Waals surface area (Å²) in [6.45, 7) is 1.81. The Labute approximate surface area is 174 Å². The molecule has 1 N–H and O–H groups in total. The predicted molar refractivity (Wildman–Crippen MR) is 112 cm³/mol. The SMILES string of the molecule is COc1ccc(NC(=O)[C@@H](OC(=O)c2ccccc2C)c2ccccc2)cc1Cl. The highest BCUT2D eigenvalue weighted by Crippen LogP contribution is 2.28. The normalized spacial score (nSPS) is 11.4. The first-order valence-corrected chi connectivity index (χ1v) is 9.33. The number of carbonyl (C=O) groups is 2. The van der Waals surface area contributed by atoms with Gasteiger partial charge in [-0.1, -0.05) is 60.1 Å². The van der Waals surface area contributed by atoms with E-state index in [1.54, 1.807) is 54.6 Å². The molecule has 5 nitrogen and oxygen atoms in total. The van der Waals surface area contributed by atoms with Crippen LogP contribution >= 0.6 is 11.6 Å². The molecule has 3 aromatic carbocycles. The summed E-state index contributed by atoms with van der Waals surface area (Å²) in [5.41, 5.74) is 2.21. The number of ether oxygens (including phenoxy) is 2. The van der Waals surface area contributed by atoms with Crippen LogP contribution in [0.15, 0.2) is 72.8 Å². The number of hydrogen-bond acceptors (Lipinski definition) is 4. The van der Waals surface area contributed by atoms with Gasteiger partial charge >= 0.3 is 5.97 Å². The summed E-state index contributed by atoms with van der Waals surface area (Å²) >= 11 is 6.13. The first kappa shape index (κ1) is 20.4. The van der Waals surface area contributed by atoms with Gasteiger partial charge in [0, 0.05) is 11.3 Å². The second kappa shape index (κ2) is 9.26. The Morgan fingerprint density at radius 3 is 2.31 bits per heavy atom. The van der Waals surface area contributed by atoms with E-state index in [1.807, 2.05) is 25.1 Å². The van der Waals surface area contributed by atoms with Crippen LogP contribution in [0.2, 0.25) is 5.02 Å². The van der Waals surface area contributed by atoms with Crippen molar-refractivity contribution in [3.8, 4) is 5.75 Å². The quantitative estimate of drug-likeness (QED) is 0.569. The molecule has 0 spiro atoms. The van der Waals surface area contributed by atoms with E-state index in [-0.39, 0.29) is 0 Å². The lowest BCUT2D eigenvalue weighted by Crippen LogP contribution is -2.26. The van der Waals surface area contributed by atoms with E-state index in [0.29, 0.717) is 27.6 Å². The third-order valence-electron chi connectivity index (χ3n) is 4.35. The van der Waals surface area contributed by atoms with Gasteiger partial charge in [-0.25, -0.2) is 4.79 Å². The smallest absolute Gasteiger partial charge is 0.339 e. The van der Waals surface area contributed by atoms with E-state index in [4.69, 9.17) is 21.1 Å². The number of amides is 1. The summed E-state index contributed by atoms with van der Waals surface area (Å²) in [7, 11) is 1.51. The molecule has 0 aliphatic rings. The van der Waals surface area contributed by atoms with Gasteiger partial charge < -0.3 is 14.8 Å². The molecule has 0 radical (unpaired) electrons. The maximum atomic E-state index is 13.0. The molecule has 3 aromatic rings. The van der Waals surface area contributed by atoms with Crippen molar-refractivity contribution in [2.45, 2.75) is 13.0 Å². The zero-order chi connectivity index (χ0) is 20.8. The Balaban J connectivity index is 1.86. The Kier molecular flexibility index (Phi) is 6.52. The lowest BCUT2D eigenvalue weighted by Gasteiger charge is -2.19. The van der Waals surface area contributed by atoms with Crippen molar-refractivity contribution < 1.29 is 19.1 Å². The summed E-state index contributed by atoms with van der Waals surface area (Å²) in [6, 6.07) is 20.8. The molecule has 1 atom stereocenters. The number of benzene rings is 3. The van der Waals surface area contributed by atoms with E-state index >= 15 is 0 Å². The molecule has 148 valence electrons. The molecule has 0 bridgehead atoms. The van der Waals surface area contributed by atoms with Crippen molar-refractivity contribution in [2.75, 3.05) is 12.4 Å². The van der Waals surface area contributed by atoms with Gasteiger partial charge in [-0.05, 0) is 36.8 Å². The Hall–Kier alpha value is -3.31. The number of aryl methyl sites for hydroxylation is 1. The van der Waals surface area contributed by atoms with Gasteiger partial charge in [0.05, 0.1) is 17.7 Å². The van der Waals surface area contributed by atoms with Gasteiger partial charge in [-0.2, -0.15) is 0 Å². The Morgan fingerprint density at radius 2 is 1.66 bits per heavy atom. The minimum Gasteiger partial charge on any atom is -0.495 e. The number of nitrogens with one attached hydrogen (secondary N) is 1. The van der Waals surface area contributed by atoms with E-state index < -0.39 is 18.0 Å². The van der Waals surface area contributed by atoms with Crippen LogP contribution in [-0.2, 0) is 9.53 Å². The summed E-state index contributed by atoms with van der Waals surface area (Å²) in [5.74, 6) is -0.561. The third kappa shape index (κ3) is 4.95. The average Bonchev–Trinajstić information content (AvgIpc) is 2.73. The second-order valence-corrected chi connectivity index (χ2v) is 6.76. The lowest BCUT2D eigenvalue weighted by molar-refractivity contribution is -0.125. The molecule has 0 fully saturated rings. The van der Waals surface area contributed by atoms with Crippen molar-refractivity contribution in [2.24, 2.45) is 0 Å². The van der Waals surface area contributed by atoms with Crippen molar-refractivity contribution in [3.63, 3.8) is 0 Å². The predicted octanol–water partition coefficient (Wildman–Crippen LogP) is 5.19. The van der Waals surface area contributed by atoms with Crippen LogP contribution in [0.5, 0.6) is 5.75 Å². The summed E-state index contributed by atoms with van der Waals surface area (Å²) in [6.07, 6.45) is -1.12. The Bertz CT molecular complexity index is 1020. The van der Waals surface area contributed by atoms with Gasteiger partial charge in [0.15, 0.2) is 0 Å². The highest BCUT2D eigenvalue weighted by Gasteiger charge is 2.26. The molecule has 0 heterocycles. The summed E-state index contributed by atoms with van der Waals surface area (Å²) in [5, 5.41) is 3.11. The molecule has 0 aromatic heterocycles. The third-order valence-corrected chi connectivity index (χ3v) is 4.65. The monoisotopic (exact) mass is 409 g/mol. The molecule has 0 saturated carbocycles. The molecule has 0 aliphatic heterocycles. The molecule has 0 unspecified atom stereocenters. The lowest BCUT2D eigenvalue weighted by atomic mass is 10.1. The van der Waals surface area contributed by atoms with Gasteiger partial charge in [-0.3, -0.25) is 4.79 Å². The number of esters is 1. The highest BCUT2D eigenvalue weighted by molar-refractivity contribution is 6.32. The molecule has 6 heteroatoms. The number of carbonyl (C=O) groups excluding carboxylic acids is 2. The zero-order valence-electron chi connectivity index (χ0n) is 16.0. The van der Waals surface area contributed by atoms with Crippen LogP contribution in [0.3, 0.4) is 0 Å². The fourth-order valence-corrected chi connectivity index (χ4v) is 3.08. The maximum absolute atomic E-state index is 13.0. The number of halogens is 1. The average molecular weight is 410 g/mol. The topological polar surface area (TPSA) is 64.6 Å². The summed E-state index contributed by atoms with van der Waals surface area (Å²) in [4.78, 5) is 25.7. The number of hydrogen-bond donors (Lipinski definition) is 1. The molecule has 0 saturated heterocycles. The van der Waals surface area contributed by atoms with Crippen LogP contribution in [0, 0.1) is 6.92 Å². The second-order valence-electron chi connectivity index (χ2n) is 6.35. The molecule has 0 aliphatic carbocycles. The van der Waals surface area contributed by atoms with E-state index in [1.165, 1.54) is 7.11 Å². The van der Waals surface area contributed by atoms with Gasteiger partial charge in [-0.15, -0.1) is 0 Å². The fourth-order valence-electron chi connectivity index (χ4n) is 2.83. The number of methoxy groups -OCH3 is 1. The van der Waals surface area contributed by atoms with Crippen LogP contribution < -0.4 is 10.1 Å². The van der Waals surface area contributed by atoms with E-state index in [0.717, 1.165) is 5.56 Å². The van der Waals surface area contributed by atoms with Gasteiger partial charge in [0.1, 0.15) is 5.75 Å². The van der Waals surface area contributed by atoms with Crippen molar-refractivity contribution in [1.82, 2.24) is 0 Å². The fraction of sp³-hybridized carbons (Fsp3) is 0.130. The minimum absolute atomic E-state index is 0.360. The van der Waals surface area contributed by atoms with E-state index in [9.17, 15) is 9.59 Å². The van der Waals surface area contributed by atoms with E-state index in [2.05, 4.69) is 5.32 Å². The molecular weight excluding hydrogens is 390 g/mol. The zero-order valence-corrected chi connectivity index (χ0v) is 16.8. The van der Waals surface area contributed by atoms with Crippen molar-refractivity contribution >= 4 is 29.2 Å². The maximum Gasteiger partial charge on any atom is 0.339 e. The molecular formula is C23H20ClNO4. The number of anilines is 1. The minimum atomic E-state index is -1.12. The highest BCUT2D eigenvalue weighted by atomic mass is 35.5. The molecule has 1 amide bonds. The largest absolute Gasteiger partial charge is 0.495 e. The molecule has 3 rings (SSSR count). The first-order chi connectivity index (χ1) is 14.0. The Morgan fingerprint density at radius 1 is 0.966 bits per heavy atom. The van der Waals surface area contributed by atoms with Crippen molar-refractivity contribution in [3.05, 3.63) is 94.5 Å². The first-order valence-electron chi connectivity index (χ1n) is 8.95. The molecule has 29 heavy (non-hydrogen) atoms. The van der Waals surface area contributed by atoms with Crippen LogP contribution in [0.1, 0.15) is 27.6 Å². The standard InChI is InChI=1S/C23H20ClNO4/c1-15-8-6-7-11-18(15)23(27)29-21(16-9-4-3-5-10-16)22(26)25-17-12-13-20(28-2)19(24)14-17/h3-14,21H,1-2H3,(H,25,26)/t21-/m0/s1.